The summed E-state index contributed by atoms with van der Waals surface area (Å²) >= 11 is 0. The zero-order chi connectivity index (χ0) is 15.1. The van der Waals surface area contributed by atoms with Crippen LogP contribution in [0.1, 0.15) is 44.4 Å². The van der Waals surface area contributed by atoms with Gasteiger partial charge in [0, 0.05) is 12.1 Å². The minimum atomic E-state index is -0.0774. The molecule has 1 aromatic rings. The monoisotopic (exact) mass is 278 g/mol. The Kier molecular flexibility index (Phi) is 6.52. The summed E-state index contributed by atoms with van der Waals surface area (Å²) in [6.07, 6.45) is 0.918. The lowest BCUT2D eigenvalue weighted by molar-refractivity contribution is -0.123. The van der Waals surface area contributed by atoms with E-state index in [1.165, 1.54) is 5.56 Å². The highest BCUT2D eigenvalue weighted by Crippen LogP contribution is 2.22. The predicted octanol–water partition coefficient (Wildman–Crippen LogP) is 2.57. The molecule has 2 unspecified atom stereocenters. The van der Waals surface area contributed by atoms with Crippen molar-refractivity contribution in [1.82, 2.24) is 10.6 Å². The summed E-state index contributed by atoms with van der Waals surface area (Å²) in [6.45, 7) is 8.18. The molecule has 20 heavy (non-hydrogen) atoms. The first-order valence-corrected chi connectivity index (χ1v) is 7.17. The molecule has 0 radical (unpaired) electrons. The van der Waals surface area contributed by atoms with E-state index in [2.05, 4.69) is 23.6 Å². The Labute approximate surface area is 121 Å². The molecule has 0 aliphatic heterocycles. The number of carbonyl (C=O) groups excluding carboxylic acids is 1. The quantitative estimate of drug-likeness (QED) is 0.806. The molecule has 0 fully saturated rings. The number of rotatable bonds is 7. The van der Waals surface area contributed by atoms with Crippen molar-refractivity contribution in [2.45, 2.75) is 46.2 Å². The molecule has 0 saturated heterocycles. The number of amides is 1. The van der Waals surface area contributed by atoms with Crippen molar-refractivity contribution in [1.29, 1.82) is 0 Å². The second kappa shape index (κ2) is 7.90. The Balaban J connectivity index is 2.59. The van der Waals surface area contributed by atoms with Crippen LogP contribution < -0.4 is 15.4 Å². The lowest BCUT2D eigenvalue weighted by Gasteiger charge is -2.15. The molecular formula is C16H26N2O2. The van der Waals surface area contributed by atoms with E-state index in [-0.39, 0.29) is 18.6 Å². The lowest BCUT2D eigenvalue weighted by Crippen LogP contribution is -2.35. The van der Waals surface area contributed by atoms with E-state index in [0.29, 0.717) is 6.04 Å². The zero-order valence-corrected chi connectivity index (χ0v) is 13.1. The fourth-order valence-corrected chi connectivity index (χ4v) is 1.83. The molecular weight excluding hydrogens is 252 g/mol. The molecule has 0 aliphatic rings. The third kappa shape index (κ3) is 4.85. The topological polar surface area (TPSA) is 50.4 Å². The van der Waals surface area contributed by atoms with Crippen molar-refractivity contribution in [3.8, 4) is 5.75 Å². The molecule has 112 valence electrons. The Hall–Kier alpha value is -1.55. The van der Waals surface area contributed by atoms with Gasteiger partial charge in [-0.2, -0.15) is 0 Å². The maximum absolute atomic E-state index is 11.7. The molecule has 0 aromatic heterocycles. The summed E-state index contributed by atoms with van der Waals surface area (Å²) in [5.74, 6) is 0.683. The van der Waals surface area contributed by atoms with Crippen LogP contribution in [0.4, 0.5) is 0 Å². The van der Waals surface area contributed by atoms with Crippen LogP contribution in [0.2, 0.25) is 0 Å². The average molecular weight is 278 g/mol. The maximum atomic E-state index is 11.7. The number of hydrogen-bond acceptors (Lipinski definition) is 3. The largest absolute Gasteiger partial charge is 0.484 e. The molecule has 1 aromatic carbocycles. The van der Waals surface area contributed by atoms with E-state index in [9.17, 15) is 4.79 Å². The Bertz CT molecular complexity index is 446. The van der Waals surface area contributed by atoms with Crippen LogP contribution in [0.25, 0.3) is 0 Å². The van der Waals surface area contributed by atoms with Gasteiger partial charge in [-0.25, -0.2) is 0 Å². The molecule has 4 heteroatoms. The summed E-state index contributed by atoms with van der Waals surface area (Å²) in [7, 11) is 1.93. The van der Waals surface area contributed by atoms with Crippen LogP contribution in [0.5, 0.6) is 5.75 Å². The number of ether oxygens (including phenoxy) is 1. The maximum Gasteiger partial charge on any atom is 0.258 e. The third-order valence-corrected chi connectivity index (χ3v) is 3.51. The van der Waals surface area contributed by atoms with Crippen LogP contribution >= 0.6 is 0 Å². The van der Waals surface area contributed by atoms with Gasteiger partial charge in [0.15, 0.2) is 6.61 Å². The van der Waals surface area contributed by atoms with Gasteiger partial charge in [0.2, 0.25) is 0 Å². The van der Waals surface area contributed by atoms with Crippen LogP contribution in [-0.4, -0.2) is 25.6 Å². The predicted molar refractivity (Wildman–Crippen MR) is 82.0 cm³/mol. The number of benzene rings is 1. The lowest BCUT2D eigenvalue weighted by atomic mass is 10.1. The summed E-state index contributed by atoms with van der Waals surface area (Å²) in [6, 6.07) is 6.52. The second-order valence-electron chi connectivity index (χ2n) is 5.20. The molecule has 1 amide bonds. The van der Waals surface area contributed by atoms with E-state index in [0.717, 1.165) is 17.7 Å². The molecule has 2 N–H and O–H groups in total. The highest BCUT2D eigenvalue weighted by atomic mass is 16.5. The summed E-state index contributed by atoms with van der Waals surface area (Å²) < 4.78 is 5.58. The first-order valence-electron chi connectivity index (χ1n) is 7.17. The Morgan fingerprint density at radius 2 is 2.05 bits per heavy atom. The van der Waals surface area contributed by atoms with Crippen molar-refractivity contribution in [3.63, 3.8) is 0 Å². The van der Waals surface area contributed by atoms with Gasteiger partial charge in [-0.1, -0.05) is 19.1 Å². The van der Waals surface area contributed by atoms with Crippen LogP contribution in [0.3, 0.4) is 0 Å². The highest BCUT2D eigenvalue weighted by Gasteiger charge is 2.09. The van der Waals surface area contributed by atoms with E-state index in [1.807, 2.05) is 40.0 Å². The van der Waals surface area contributed by atoms with Gasteiger partial charge in [0.1, 0.15) is 5.75 Å². The molecule has 0 saturated carbocycles. The number of hydrogen-bond donors (Lipinski definition) is 2. The smallest absolute Gasteiger partial charge is 0.258 e. The first kappa shape index (κ1) is 16.5. The van der Waals surface area contributed by atoms with Crippen LogP contribution in [0, 0.1) is 6.92 Å². The van der Waals surface area contributed by atoms with Crippen molar-refractivity contribution in [2.24, 2.45) is 0 Å². The molecule has 0 heterocycles. The van der Waals surface area contributed by atoms with Crippen LogP contribution in [0.15, 0.2) is 18.2 Å². The molecule has 0 bridgehead atoms. The average Bonchev–Trinajstić information content (AvgIpc) is 2.44. The normalized spacial score (nSPS) is 13.7. The fourth-order valence-electron chi connectivity index (χ4n) is 1.83. The van der Waals surface area contributed by atoms with Gasteiger partial charge in [-0.3, -0.25) is 4.79 Å². The standard InChI is InChI=1S/C16H26N2O2/c1-6-12(3)18-16(19)10-20-15-8-7-14(9-11(15)2)13(4)17-5/h7-9,12-13,17H,6,10H2,1-5H3,(H,18,19). The van der Waals surface area contributed by atoms with Crippen LogP contribution in [-0.2, 0) is 4.79 Å². The highest BCUT2D eigenvalue weighted by molar-refractivity contribution is 5.77. The van der Waals surface area contributed by atoms with E-state index >= 15 is 0 Å². The fraction of sp³-hybridized carbons (Fsp3) is 0.562. The van der Waals surface area contributed by atoms with E-state index < -0.39 is 0 Å². The first-order chi connectivity index (χ1) is 9.47. The van der Waals surface area contributed by atoms with E-state index in [1.54, 1.807) is 0 Å². The van der Waals surface area contributed by atoms with Gasteiger partial charge < -0.3 is 15.4 Å². The van der Waals surface area contributed by atoms with Crippen molar-refractivity contribution >= 4 is 5.91 Å². The molecule has 2 atom stereocenters. The summed E-state index contributed by atoms with van der Waals surface area (Å²) in [4.78, 5) is 11.7. The third-order valence-electron chi connectivity index (χ3n) is 3.51. The Morgan fingerprint density at radius 1 is 1.35 bits per heavy atom. The van der Waals surface area contributed by atoms with E-state index in [4.69, 9.17) is 4.74 Å². The molecule has 4 nitrogen and oxygen atoms in total. The van der Waals surface area contributed by atoms with Gasteiger partial charge in [-0.15, -0.1) is 0 Å². The second-order valence-corrected chi connectivity index (χ2v) is 5.20. The molecule has 0 spiro atoms. The van der Waals surface area contributed by atoms with Crippen molar-refractivity contribution in [2.75, 3.05) is 13.7 Å². The van der Waals surface area contributed by atoms with Crippen molar-refractivity contribution in [3.05, 3.63) is 29.3 Å². The minimum Gasteiger partial charge on any atom is -0.484 e. The molecule has 1 rings (SSSR count). The minimum absolute atomic E-state index is 0.0616. The summed E-state index contributed by atoms with van der Waals surface area (Å²) in [5, 5.41) is 6.09. The molecule has 0 aliphatic carbocycles. The van der Waals surface area contributed by atoms with Crippen molar-refractivity contribution < 1.29 is 9.53 Å². The van der Waals surface area contributed by atoms with Gasteiger partial charge >= 0.3 is 0 Å². The SMILES string of the molecule is CCC(C)NC(=O)COc1ccc(C(C)NC)cc1C. The Morgan fingerprint density at radius 3 is 2.60 bits per heavy atom. The van der Waals surface area contributed by atoms with Gasteiger partial charge in [0.05, 0.1) is 0 Å². The summed E-state index contributed by atoms with van der Waals surface area (Å²) in [5.41, 5.74) is 2.25. The number of carbonyl (C=O) groups is 1. The van der Waals surface area contributed by atoms with Gasteiger partial charge in [-0.05, 0) is 51.4 Å². The number of nitrogens with one attached hydrogen (secondary N) is 2. The number of aryl methyl sites for hydroxylation is 1. The van der Waals surface area contributed by atoms with Gasteiger partial charge in [0.25, 0.3) is 5.91 Å². The zero-order valence-electron chi connectivity index (χ0n) is 13.1.